The van der Waals surface area contributed by atoms with Crippen LogP contribution in [0.5, 0.6) is 0 Å². The number of oxazole rings is 1. The van der Waals surface area contributed by atoms with Crippen molar-refractivity contribution in [3.8, 4) is 0 Å². The molecule has 0 fully saturated rings. The number of rotatable bonds is 6. The fraction of sp³-hybridized carbons (Fsp3) is 0.357. The van der Waals surface area contributed by atoms with Gasteiger partial charge >= 0.3 is 12.1 Å². The highest BCUT2D eigenvalue weighted by Gasteiger charge is 2.23. The number of anilines is 1. The van der Waals surface area contributed by atoms with Crippen molar-refractivity contribution in [3.63, 3.8) is 0 Å². The number of nitrogens with one attached hydrogen (secondary N) is 1. The van der Waals surface area contributed by atoms with E-state index in [9.17, 15) is 14.7 Å². The molecule has 0 aliphatic heterocycles. The van der Waals surface area contributed by atoms with Gasteiger partial charge in [0.15, 0.2) is 11.6 Å². The van der Waals surface area contributed by atoms with Gasteiger partial charge in [0.1, 0.15) is 5.52 Å². The summed E-state index contributed by atoms with van der Waals surface area (Å²) in [5.74, 6) is -1.21. The normalized spacial score (nSPS) is 12.0. The number of carbonyl (C=O) groups excluding carboxylic acids is 1. The van der Waals surface area contributed by atoms with E-state index < -0.39 is 18.1 Å². The minimum absolute atomic E-state index is 0.00837. The highest BCUT2D eigenvalue weighted by molar-refractivity contribution is 5.83. The molecule has 0 bridgehead atoms. The number of benzene rings is 1. The maximum absolute atomic E-state index is 11.6. The summed E-state index contributed by atoms with van der Waals surface area (Å²) in [5.41, 5.74) is 6.65. The van der Waals surface area contributed by atoms with Crippen LogP contribution in [0.4, 0.5) is 10.8 Å². The monoisotopic (exact) mass is 307 g/mol. The summed E-state index contributed by atoms with van der Waals surface area (Å²) in [6.45, 7) is 2.20. The zero-order chi connectivity index (χ0) is 16.1. The summed E-state index contributed by atoms with van der Waals surface area (Å²) in [7, 11) is 0. The van der Waals surface area contributed by atoms with Crippen LogP contribution in [0.3, 0.4) is 0 Å². The number of nitrogens with two attached hydrogens (primary N) is 1. The van der Waals surface area contributed by atoms with Gasteiger partial charge in [-0.3, -0.25) is 0 Å². The van der Waals surface area contributed by atoms with Crippen molar-refractivity contribution in [2.45, 2.75) is 25.8 Å². The molecule has 1 aromatic heterocycles. The molecule has 118 valence electrons. The summed E-state index contributed by atoms with van der Waals surface area (Å²) >= 11 is 0. The van der Waals surface area contributed by atoms with Crippen LogP contribution in [0, 0.1) is 0 Å². The Morgan fingerprint density at radius 1 is 1.50 bits per heavy atom. The highest BCUT2D eigenvalue weighted by atomic mass is 16.5. The Kier molecular flexibility index (Phi) is 4.82. The average Bonchev–Trinajstić information content (AvgIpc) is 2.83. The molecule has 1 amide bonds. The third-order valence-electron chi connectivity index (χ3n) is 3.00. The van der Waals surface area contributed by atoms with Gasteiger partial charge in [0.2, 0.25) is 0 Å². The number of carboxylic acids is 1. The molecule has 0 saturated carbocycles. The molecule has 1 aromatic carbocycles. The van der Waals surface area contributed by atoms with Crippen LogP contribution in [0.25, 0.3) is 11.1 Å². The van der Waals surface area contributed by atoms with E-state index in [4.69, 9.17) is 14.9 Å². The summed E-state index contributed by atoms with van der Waals surface area (Å²) in [6.07, 6.45) is 0.815. The number of alkyl carbamates (subject to hydrolysis) is 1. The van der Waals surface area contributed by atoms with E-state index in [2.05, 4.69) is 10.3 Å². The lowest BCUT2D eigenvalue weighted by atomic mass is 10.1. The lowest BCUT2D eigenvalue weighted by Gasteiger charge is -2.14. The molecule has 8 nitrogen and oxygen atoms in total. The van der Waals surface area contributed by atoms with Gasteiger partial charge in [0, 0.05) is 0 Å². The van der Waals surface area contributed by atoms with Crippen LogP contribution >= 0.6 is 0 Å². The van der Waals surface area contributed by atoms with Crippen LogP contribution in [-0.4, -0.2) is 28.8 Å². The Balaban J connectivity index is 2.15. The second-order valence-electron chi connectivity index (χ2n) is 4.68. The number of amides is 1. The standard InChI is InChI=1S/C14H17N3O5/c1-2-3-6-21-14(20)17-11(12(18)19)8-4-5-10-9(7-8)16-13(15)22-10/h4-5,7,11H,2-3,6H2,1H3,(H2,15,16)(H,17,20)(H,18,19). The number of aliphatic carboxylic acids is 1. The Morgan fingerprint density at radius 3 is 2.95 bits per heavy atom. The number of nitrogens with zero attached hydrogens (tertiary/aromatic N) is 1. The van der Waals surface area contributed by atoms with Gasteiger partial charge in [0.05, 0.1) is 6.61 Å². The first-order valence-corrected chi connectivity index (χ1v) is 6.83. The van der Waals surface area contributed by atoms with Crippen LogP contribution in [0.15, 0.2) is 22.6 Å². The lowest BCUT2D eigenvalue weighted by molar-refractivity contribution is -0.139. The number of hydrogen-bond donors (Lipinski definition) is 3. The molecular formula is C14H17N3O5. The minimum Gasteiger partial charge on any atom is -0.479 e. The maximum Gasteiger partial charge on any atom is 0.408 e. The second kappa shape index (κ2) is 6.79. The number of carboxylic acid groups (broad SMARTS) is 1. The number of fused-ring (bicyclic) bond motifs is 1. The third-order valence-corrected chi connectivity index (χ3v) is 3.00. The molecule has 0 aliphatic rings. The molecule has 0 spiro atoms. The number of unbranched alkanes of at least 4 members (excludes halogenated alkanes) is 1. The van der Waals surface area contributed by atoms with E-state index in [-0.39, 0.29) is 12.6 Å². The van der Waals surface area contributed by atoms with Crippen LogP contribution in [-0.2, 0) is 9.53 Å². The van der Waals surface area contributed by atoms with Crippen LogP contribution < -0.4 is 11.1 Å². The van der Waals surface area contributed by atoms with E-state index in [1.165, 1.54) is 12.1 Å². The van der Waals surface area contributed by atoms with E-state index in [0.717, 1.165) is 12.8 Å². The van der Waals surface area contributed by atoms with Crippen molar-refractivity contribution in [1.29, 1.82) is 0 Å². The van der Waals surface area contributed by atoms with Gasteiger partial charge in [-0.05, 0) is 24.1 Å². The van der Waals surface area contributed by atoms with E-state index in [1.807, 2.05) is 6.92 Å². The Bertz CT molecular complexity index is 682. The molecule has 0 saturated heterocycles. The fourth-order valence-electron chi connectivity index (χ4n) is 1.90. The molecule has 1 heterocycles. The van der Waals surface area contributed by atoms with Gasteiger partial charge in [-0.2, -0.15) is 4.98 Å². The van der Waals surface area contributed by atoms with Crippen LogP contribution in [0.2, 0.25) is 0 Å². The first-order chi connectivity index (χ1) is 10.5. The largest absolute Gasteiger partial charge is 0.479 e. The van der Waals surface area contributed by atoms with Gasteiger partial charge in [-0.15, -0.1) is 0 Å². The molecule has 8 heteroatoms. The minimum atomic E-state index is -1.24. The number of nitrogen functional groups attached to an aromatic ring is 1. The van der Waals surface area contributed by atoms with Gasteiger partial charge in [-0.1, -0.05) is 19.4 Å². The number of carbonyl (C=O) groups is 2. The Morgan fingerprint density at radius 2 is 2.27 bits per heavy atom. The highest BCUT2D eigenvalue weighted by Crippen LogP contribution is 2.22. The molecule has 2 rings (SSSR count). The molecule has 2 aromatic rings. The number of aromatic nitrogens is 1. The smallest absolute Gasteiger partial charge is 0.408 e. The molecular weight excluding hydrogens is 290 g/mol. The van der Waals surface area contributed by atoms with Crippen molar-refractivity contribution in [2.75, 3.05) is 12.3 Å². The topological polar surface area (TPSA) is 128 Å². The third kappa shape index (κ3) is 3.66. The molecule has 0 aliphatic carbocycles. The summed E-state index contributed by atoms with van der Waals surface area (Å²) < 4.78 is 10.0. The number of hydrogen-bond acceptors (Lipinski definition) is 6. The summed E-state index contributed by atoms with van der Waals surface area (Å²) in [4.78, 5) is 26.9. The number of ether oxygens (including phenoxy) is 1. The zero-order valence-electron chi connectivity index (χ0n) is 12.0. The lowest BCUT2D eigenvalue weighted by Crippen LogP contribution is -2.34. The van der Waals surface area contributed by atoms with E-state index >= 15 is 0 Å². The van der Waals surface area contributed by atoms with Crippen molar-refractivity contribution in [2.24, 2.45) is 0 Å². The predicted octanol–water partition coefficient (Wildman–Crippen LogP) is 2.06. The molecule has 4 N–H and O–H groups in total. The first-order valence-electron chi connectivity index (χ1n) is 6.83. The Hall–Kier alpha value is -2.77. The molecule has 1 unspecified atom stereocenters. The average molecular weight is 307 g/mol. The van der Waals surface area contributed by atoms with Crippen molar-refractivity contribution >= 4 is 29.2 Å². The second-order valence-corrected chi connectivity index (χ2v) is 4.68. The summed E-state index contributed by atoms with van der Waals surface area (Å²) in [6, 6.07) is 3.33. The zero-order valence-corrected chi connectivity index (χ0v) is 12.0. The maximum atomic E-state index is 11.6. The van der Waals surface area contributed by atoms with E-state index in [1.54, 1.807) is 6.07 Å². The molecule has 1 atom stereocenters. The van der Waals surface area contributed by atoms with Gasteiger partial charge in [-0.25, -0.2) is 9.59 Å². The fourth-order valence-corrected chi connectivity index (χ4v) is 1.90. The first kappa shape index (κ1) is 15.6. The Labute approximate surface area is 126 Å². The van der Waals surface area contributed by atoms with Crippen LogP contribution in [0.1, 0.15) is 31.4 Å². The SMILES string of the molecule is CCCCOC(=O)NC(C(=O)O)c1ccc2oc(N)nc2c1. The van der Waals surface area contributed by atoms with Crippen molar-refractivity contribution in [1.82, 2.24) is 10.3 Å². The summed E-state index contributed by atoms with van der Waals surface area (Å²) in [5, 5.41) is 11.6. The van der Waals surface area contributed by atoms with Gasteiger partial charge in [0.25, 0.3) is 6.01 Å². The quantitative estimate of drug-likeness (QED) is 0.697. The van der Waals surface area contributed by atoms with Crippen molar-refractivity contribution < 1.29 is 23.8 Å². The van der Waals surface area contributed by atoms with E-state index in [0.29, 0.717) is 16.7 Å². The van der Waals surface area contributed by atoms with Crippen molar-refractivity contribution in [3.05, 3.63) is 23.8 Å². The predicted molar refractivity (Wildman–Crippen MR) is 78.2 cm³/mol. The van der Waals surface area contributed by atoms with Gasteiger partial charge < -0.3 is 25.3 Å². The molecule has 22 heavy (non-hydrogen) atoms. The molecule has 0 radical (unpaired) electrons.